The molecule has 2 aromatic rings. The fraction of sp³-hybridized carbons (Fsp3) is 0. The zero-order valence-corrected chi connectivity index (χ0v) is 5.26. The first-order valence-electron chi connectivity index (χ1n) is 3.09. The topological polar surface area (TPSA) is 15.8 Å². The zero-order valence-electron chi connectivity index (χ0n) is 5.26. The number of hydrogen-bond donors (Lipinski definition) is 1. The number of nitrogens with one attached hydrogen (secondary N) is 1. The summed E-state index contributed by atoms with van der Waals surface area (Å²) in [4.78, 5) is 2.98. The third-order valence-corrected chi connectivity index (χ3v) is 1.52. The average Bonchev–Trinajstić information content (AvgIpc) is 2.33. The Labute approximate surface area is 57.5 Å². The molecule has 0 spiro atoms. The minimum atomic E-state index is -0.188. The number of benzene rings is 1. The minimum absolute atomic E-state index is 0.188. The van der Waals surface area contributed by atoms with Gasteiger partial charge in [-0.05, 0) is 24.3 Å². The molecule has 0 aliphatic heterocycles. The van der Waals surface area contributed by atoms with Gasteiger partial charge in [0.2, 0.25) is 0 Å². The molecule has 50 valence electrons. The van der Waals surface area contributed by atoms with Crippen LogP contribution < -0.4 is 0 Å². The smallest absolute Gasteiger partial charge is 0.123 e. The fourth-order valence-corrected chi connectivity index (χ4v) is 1.02. The van der Waals surface area contributed by atoms with Crippen molar-refractivity contribution in [3.05, 3.63) is 36.3 Å². The lowest BCUT2D eigenvalue weighted by Gasteiger charge is -1.87. The van der Waals surface area contributed by atoms with Gasteiger partial charge in [0, 0.05) is 17.1 Å². The largest absolute Gasteiger partial charge is 0.361 e. The summed E-state index contributed by atoms with van der Waals surface area (Å²) in [6.45, 7) is 0. The molecule has 0 aliphatic carbocycles. The van der Waals surface area contributed by atoms with Gasteiger partial charge in [-0.25, -0.2) is 4.39 Å². The maximum absolute atomic E-state index is 12.5. The Morgan fingerprint density at radius 1 is 1.20 bits per heavy atom. The van der Waals surface area contributed by atoms with Gasteiger partial charge < -0.3 is 4.98 Å². The Bertz CT molecular complexity index is 351. The summed E-state index contributed by atoms with van der Waals surface area (Å²) in [5.74, 6) is -0.188. The van der Waals surface area contributed by atoms with Crippen LogP contribution in [0.4, 0.5) is 4.39 Å². The molecule has 0 aliphatic rings. The summed E-state index contributed by atoms with van der Waals surface area (Å²) in [6, 6.07) is 6.52. The predicted molar refractivity (Wildman–Crippen MR) is 38.3 cm³/mol. The highest BCUT2D eigenvalue weighted by Gasteiger charge is 1.93. The quantitative estimate of drug-likeness (QED) is 0.569. The molecule has 0 unspecified atom stereocenters. The molecule has 1 N–H and O–H groups in total. The molecule has 0 fully saturated rings. The first-order chi connectivity index (χ1) is 4.86. The molecular formula is C8H6FN. The first-order valence-corrected chi connectivity index (χ1v) is 3.09. The highest BCUT2D eigenvalue weighted by Crippen LogP contribution is 2.12. The molecular weight excluding hydrogens is 128 g/mol. The van der Waals surface area contributed by atoms with Crippen molar-refractivity contribution in [2.24, 2.45) is 0 Å². The van der Waals surface area contributed by atoms with E-state index in [2.05, 4.69) is 4.98 Å². The van der Waals surface area contributed by atoms with Gasteiger partial charge in [0.15, 0.2) is 0 Å². The second-order valence-corrected chi connectivity index (χ2v) is 2.21. The monoisotopic (exact) mass is 134 g/mol. The molecule has 10 heavy (non-hydrogen) atoms. The number of rotatable bonds is 0. The second-order valence-electron chi connectivity index (χ2n) is 2.21. The summed E-state index contributed by atoms with van der Waals surface area (Å²) in [5, 5.41) is 0.917. The molecule has 2 heteroatoms. The van der Waals surface area contributed by atoms with Crippen LogP contribution in [0.5, 0.6) is 0 Å². The van der Waals surface area contributed by atoms with Crippen molar-refractivity contribution in [3.8, 4) is 0 Å². The zero-order chi connectivity index (χ0) is 6.97. The van der Waals surface area contributed by atoms with Crippen LogP contribution in [0, 0.1) is 5.82 Å². The number of aromatic nitrogens is 1. The van der Waals surface area contributed by atoms with Gasteiger partial charge in [0.1, 0.15) is 5.82 Å². The molecule has 0 radical (unpaired) electrons. The van der Waals surface area contributed by atoms with Crippen LogP contribution in [0.25, 0.3) is 10.9 Å². The van der Waals surface area contributed by atoms with Gasteiger partial charge >= 0.3 is 0 Å². The number of fused-ring (bicyclic) bond motifs is 1. The Morgan fingerprint density at radius 2 is 2.10 bits per heavy atom. The Hall–Kier alpha value is -1.31. The highest BCUT2D eigenvalue weighted by molar-refractivity contribution is 5.78. The van der Waals surface area contributed by atoms with Gasteiger partial charge in [-0.3, -0.25) is 0 Å². The molecule has 0 atom stereocenters. The normalized spacial score (nSPS) is 10.5. The van der Waals surface area contributed by atoms with Crippen LogP contribution in [0.2, 0.25) is 0 Å². The van der Waals surface area contributed by atoms with E-state index in [0.717, 1.165) is 10.9 Å². The van der Waals surface area contributed by atoms with Crippen LogP contribution in [-0.2, 0) is 0 Å². The molecule has 2 rings (SSSR count). The summed E-state index contributed by atoms with van der Waals surface area (Å²) in [5.41, 5.74) is 0.974. The van der Waals surface area contributed by atoms with Crippen molar-refractivity contribution < 1.29 is 4.39 Å². The van der Waals surface area contributed by atoms with Crippen LogP contribution in [-0.4, -0.2) is 4.98 Å². The fourth-order valence-electron chi connectivity index (χ4n) is 1.02. The van der Waals surface area contributed by atoms with Crippen molar-refractivity contribution in [1.82, 2.24) is 4.98 Å². The van der Waals surface area contributed by atoms with Gasteiger partial charge in [-0.2, -0.15) is 0 Å². The number of hydrogen-bond acceptors (Lipinski definition) is 0. The number of aromatic amines is 1. The SMILES string of the molecule is [18F]c1ccc2[nH]ccc2c1. The molecule has 0 saturated carbocycles. The van der Waals surface area contributed by atoms with Crippen molar-refractivity contribution in [2.45, 2.75) is 0 Å². The highest BCUT2D eigenvalue weighted by atomic mass is 18.2. The van der Waals surface area contributed by atoms with E-state index < -0.39 is 0 Å². The summed E-state index contributed by atoms with van der Waals surface area (Å²) < 4.78 is 12.5. The molecule has 0 bridgehead atoms. The summed E-state index contributed by atoms with van der Waals surface area (Å²) in [6.07, 6.45) is 1.80. The predicted octanol–water partition coefficient (Wildman–Crippen LogP) is 2.31. The third-order valence-electron chi connectivity index (χ3n) is 1.52. The Balaban J connectivity index is 2.86. The minimum Gasteiger partial charge on any atom is -0.361 e. The molecule has 1 heterocycles. The van der Waals surface area contributed by atoms with Crippen LogP contribution >= 0.6 is 0 Å². The van der Waals surface area contributed by atoms with Crippen LogP contribution in [0.3, 0.4) is 0 Å². The Morgan fingerprint density at radius 3 is 3.00 bits per heavy atom. The van der Waals surface area contributed by atoms with E-state index >= 15 is 0 Å². The van der Waals surface area contributed by atoms with Crippen molar-refractivity contribution in [2.75, 3.05) is 0 Å². The van der Waals surface area contributed by atoms with E-state index in [4.69, 9.17) is 0 Å². The maximum Gasteiger partial charge on any atom is 0.123 e. The molecule has 0 amide bonds. The van der Waals surface area contributed by atoms with Gasteiger partial charge in [-0.15, -0.1) is 0 Å². The van der Waals surface area contributed by atoms with E-state index in [1.807, 2.05) is 6.07 Å². The third kappa shape index (κ3) is 0.692. The van der Waals surface area contributed by atoms with Gasteiger partial charge in [0.05, 0.1) is 0 Å². The standard InChI is InChI=1S/C8H6FN/c9-7-1-2-8-6(5-7)3-4-10-8/h1-5,10H/i9-1. The summed E-state index contributed by atoms with van der Waals surface area (Å²) >= 11 is 0. The number of halogens is 1. The lowest BCUT2D eigenvalue weighted by molar-refractivity contribution is 0.630. The molecule has 1 aromatic carbocycles. The van der Waals surface area contributed by atoms with Crippen molar-refractivity contribution in [1.29, 1.82) is 0 Å². The lowest BCUT2D eigenvalue weighted by atomic mass is 10.2. The van der Waals surface area contributed by atoms with Gasteiger partial charge in [0.25, 0.3) is 0 Å². The molecule has 1 nitrogen and oxygen atoms in total. The van der Waals surface area contributed by atoms with E-state index in [1.165, 1.54) is 12.1 Å². The van der Waals surface area contributed by atoms with Crippen molar-refractivity contribution >= 4 is 10.9 Å². The second kappa shape index (κ2) is 1.84. The summed E-state index contributed by atoms with van der Waals surface area (Å²) in [7, 11) is 0. The van der Waals surface area contributed by atoms with Crippen LogP contribution in [0.15, 0.2) is 30.5 Å². The van der Waals surface area contributed by atoms with E-state index in [0.29, 0.717) is 0 Å². The van der Waals surface area contributed by atoms with Crippen molar-refractivity contribution in [3.63, 3.8) is 0 Å². The first kappa shape index (κ1) is 5.47. The average molecular weight is 134 g/mol. The van der Waals surface area contributed by atoms with Crippen LogP contribution in [0.1, 0.15) is 0 Å². The molecule has 1 aromatic heterocycles. The van der Waals surface area contributed by atoms with E-state index in [-0.39, 0.29) is 5.82 Å². The molecule has 0 saturated heterocycles. The maximum atomic E-state index is 12.5. The Kier molecular flexibility index (Phi) is 1.01. The van der Waals surface area contributed by atoms with Gasteiger partial charge in [-0.1, -0.05) is 0 Å². The number of H-pyrrole nitrogens is 1. The van der Waals surface area contributed by atoms with E-state index in [9.17, 15) is 4.39 Å². The van der Waals surface area contributed by atoms with E-state index in [1.54, 1.807) is 12.3 Å². The lowest BCUT2D eigenvalue weighted by Crippen LogP contribution is -1.70.